The highest BCUT2D eigenvalue weighted by Gasteiger charge is 2.33. The summed E-state index contributed by atoms with van der Waals surface area (Å²) in [4.78, 5) is 15.8. The van der Waals surface area contributed by atoms with E-state index >= 15 is 0 Å². The van der Waals surface area contributed by atoms with Crippen LogP contribution in [0.3, 0.4) is 0 Å². The van der Waals surface area contributed by atoms with Crippen LogP contribution in [0.1, 0.15) is 39.9 Å². The summed E-state index contributed by atoms with van der Waals surface area (Å²) in [5, 5.41) is 18.0. The van der Waals surface area contributed by atoms with Crippen LogP contribution < -0.4 is 0 Å². The molecule has 0 bridgehead atoms. The van der Waals surface area contributed by atoms with Crippen molar-refractivity contribution < 1.29 is 9.90 Å². The first kappa shape index (κ1) is 12.5. The standard InChI is InChI=1S/C14H12N4O2S/c19-14(20)12-13(8-5-6-8)18(17-16-12)7-11-15-9-3-1-2-4-10(9)21-11/h1-4,8H,5-7H2,(H,19,20). The number of benzene rings is 1. The Morgan fingerprint density at radius 1 is 1.38 bits per heavy atom. The number of hydrogen-bond acceptors (Lipinski definition) is 5. The summed E-state index contributed by atoms with van der Waals surface area (Å²) in [6.45, 7) is 0.478. The maximum atomic E-state index is 11.2. The molecule has 1 fully saturated rings. The Kier molecular flexibility index (Phi) is 2.75. The van der Waals surface area contributed by atoms with Gasteiger partial charge in [-0.25, -0.2) is 14.5 Å². The Balaban J connectivity index is 1.72. The predicted molar refractivity (Wildman–Crippen MR) is 77.7 cm³/mol. The van der Waals surface area contributed by atoms with Crippen LogP contribution in [-0.4, -0.2) is 31.1 Å². The van der Waals surface area contributed by atoms with E-state index in [9.17, 15) is 9.90 Å². The lowest BCUT2D eigenvalue weighted by atomic mass is 10.2. The molecule has 0 amide bonds. The third-order valence-electron chi connectivity index (χ3n) is 3.56. The van der Waals surface area contributed by atoms with Gasteiger partial charge < -0.3 is 5.11 Å². The number of carboxylic acid groups (broad SMARTS) is 1. The molecule has 3 aromatic rings. The largest absolute Gasteiger partial charge is 0.476 e. The van der Waals surface area contributed by atoms with Gasteiger partial charge in [0.05, 0.1) is 22.5 Å². The Bertz CT molecular complexity index is 801. The minimum atomic E-state index is -1.01. The Labute approximate surface area is 124 Å². The second-order valence-corrected chi connectivity index (χ2v) is 6.25. The maximum Gasteiger partial charge on any atom is 0.358 e. The van der Waals surface area contributed by atoms with Crippen LogP contribution in [0.5, 0.6) is 0 Å². The van der Waals surface area contributed by atoms with Crippen molar-refractivity contribution in [2.75, 3.05) is 0 Å². The summed E-state index contributed by atoms with van der Waals surface area (Å²) in [5.41, 5.74) is 1.78. The molecule has 6 nitrogen and oxygen atoms in total. The molecule has 0 aliphatic heterocycles. The summed E-state index contributed by atoms with van der Waals surface area (Å²) in [6, 6.07) is 7.95. The lowest BCUT2D eigenvalue weighted by Crippen LogP contribution is -2.08. The summed E-state index contributed by atoms with van der Waals surface area (Å²) >= 11 is 1.60. The fourth-order valence-corrected chi connectivity index (χ4v) is 3.42. The van der Waals surface area contributed by atoms with Crippen molar-refractivity contribution in [3.8, 4) is 0 Å². The molecule has 1 N–H and O–H groups in total. The van der Waals surface area contributed by atoms with Gasteiger partial charge in [-0.15, -0.1) is 16.4 Å². The third-order valence-corrected chi connectivity index (χ3v) is 4.58. The monoisotopic (exact) mass is 300 g/mol. The normalized spacial score (nSPS) is 14.7. The second kappa shape index (κ2) is 4.63. The molecule has 0 radical (unpaired) electrons. The molecule has 2 aromatic heterocycles. The molecule has 1 saturated carbocycles. The van der Waals surface area contributed by atoms with Crippen LogP contribution in [0, 0.1) is 0 Å². The molecule has 1 aliphatic carbocycles. The van der Waals surface area contributed by atoms with Crippen molar-refractivity contribution in [3.05, 3.63) is 40.7 Å². The number of aromatic nitrogens is 4. The van der Waals surface area contributed by atoms with Crippen molar-refractivity contribution in [1.82, 2.24) is 20.0 Å². The lowest BCUT2D eigenvalue weighted by Gasteiger charge is -2.03. The van der Waals surface area contributed by atoms with Gasteiger partial charge in [-0.3, -0.25) is 0 Å². The molecule has 21 heavy (non-hydrogen) atoms. The van der Waals surface area contributed by atoms with Crippen LogP contribution in [0.2, 0.25) is 0 Å². The number of nitrogens with zero attached hydrogens (tertiary/aromatic N) is 4. The Hall–Kier alpha value is -2.28. The van der Waals surface area contributed by atoms with E-state index in [0.717, 1.165) is 33.8 Å². The molecule has 1 aliphatic rings. The van der Waals surface area contributed by atoms with Gasteiger partial charge in [-0.05, 0) is 25.0 Å². The molecule has 7 heteroatoms. The SMILES string of the molecule is O=C(O)c1nnn(Cc2nc3ccccc3s2)c1C1CC1. The van der Waals surface area contributed by atoms with E-state index in [2.05, 4.69) is 15.3 Å². The van der Waals surface area contributed by atoms with Crippen molar-refractivity contribution in [2.24, 2.45) is 0 Å². The molecule has 0 spiro atoms. The number of hydrogen-bond donors (Lipinski definition) is 1. The van der Waals surface area contributed by atoms with Gasteiger partial charge in [0.25, 0.3) is 0 Å². The highest BCUT2D eigenvalue weighted by atomic mass is 32.1. The van der Waals surface area contributed by atoms with E-state index in [1.54, 1.807) is 16.0 Å². The van der Waals surface area contributed by atoms with Crippen LogP contribution in [0.4, 0.5) is 0 Å². The topological polar surface area (TPSA) is 80.9 Å². The average Bonchev–Trinajstić information content (AvgIpc) is 3.08. The third kappa shape index (κ3) is 2.19. The minimum absolute atomic E-state index is 0.0820. The summed E-state index contributed by atoms with van der Waals surface area (Å²) < 4.78 is 2.82. The molecular weight excluding hydrogens is 288 g/mol. The highest BCUT2D eigenvalue weighted by Crippen LogP contribution is 2.41. The van der Waals surface area contributed by atoms with E-state index in [4.69, 9.17) is 0 Å². The zero-order valence-electron chi connectivity index (χ0n) is 11.1. The van der Waals surface area contributed by atoms with Crippen molar-refractivity contribution >= 4 is 27.5 Å². The highest BCUT2D eigenvalue weighted by molar-refractivity contribution is 7.18. The predicted octanol–water partition coefficient (Wildman–Crippen LogP) is 2.51. The fraction of sp³-hybridized carbons (Fsp3) is 0.286. The first-order valence-corrected chi connectivity index (χ1v) is 7.55. The van der Waals surface area contributed by atoms with E-state index in [1.165, 1.54) is 0 Å². The molecular formula is C14H12N4O2S. The maximum absolute atomic E-state index is 11.2. The van der Waals surface area contributed by atoms with Gasteiger partial charge >= 0.3 is 5.97 Å². The van der Waals surface area contributed by atoms with Crippen molar-refractivity contribution in [3.63, 3.8) is 0 Å². The van der Waals surface area contributed by atoms with E-state index in [0.29, 0.717) is 6.54 Å². The summed E-state index contributed by atoms with van der Waals surface area (Å²) in [7, 11) is 0. The van der Waals surface area contributed by atoms with Gasteiger partial charge in [0.15, 0.2) is 5.69 Å². The molecule has 2 heterocycles. The number of carbonyl (C=O) groups is 1. The number of aromatic carboxylic acids is 1. The number of thiazole rings is 1. The number of para-hydroxylation sites is 1. The number of rotatable bonds is 4. The lowest BCUT2D eigenvalue weighted by molar-refractivity contribution is 0.0689. The zero-order chi connectivity index (χ0) is 14.4. The first-order chi connectivity index (χ1) is 10.2. The van der Waals surface area contributed by atoms with Gasteiger partial charge in [-0.2, -0.15) is 0 Å². The van der Waals surface area contributed by atoms with Crippen LogP contribution in [0.25, 0.3) is 10.2 Å². The summed E-state index contributed by atoms with van der Waals surface area (Å²) in [6.07, 6.45) is 2.01. The van der Waals surface area contributed by atoms with E-state index < -0.39 is 5.97 Å². The van der Waals surface area contributed by atoms with Crippen LogP contribution in [0.15, 0.2) is 24.3 Å². The molecule has 0 saturated heterocycles. The van der Waals surface area contributed by atoms with E-state index in [1.807, 2.05) is 24.3 Å². The fourth-order valence-electron chi connectivity index (χ4n) is 2.47. The van der Waals surface area contributed by atoms with Crippen LogP contribution >= 0.6 is 11.3 Å². The zero-order valence-corrected chi connectivity index (χ0v) is 11.9. The van der Waals surface area contributed by atoms with E-state index in [-0.39, 0.29) is 11.6 Å². The number of fused-ring (bicyclic) bond motifs is 1. The smallest absolute Gasteiger partial charge is 0.358 e. The number of carboxylic acids is 1. The average molecular weight is 300 g/mol. The summed E-state index contributed by atoms with van der Waals surface area (Å²) in [5.74, 6) is -0.729. The Morgan fingerprint density at radius 2 is 2.19 bits per heavy atom. The molecule has 0 atom stereocenters. The molecule has 4 rings (SSSR count). The minimum Gasteiger partial charge on any atom is -0.476 e. The van der Waals surface area contributed by atoms with Crippen molar-refractivity contribution in [2.45, 2.75) is 25.3 Å². The molecule has 1 aromatic carbocycles. The van der Waals surface area contributed by atoms with Crippen LogP contribution in [-0.2, 0) is 6.54 Å². The molecule has 106 valence electrons. The first-order valence-electron chi connectivity index (χ1n) is 6.73. The molecule has 0 unspecified atom stereocenters. The Morgan fingerprint density at radius 3 is 2.90 bits per heavy atom. The van der Waals surface area contributed by atoms with Gasteiger partial charge in [-0.1, -0.05) is 17.3 Å². The quantitative estimate of drug-likeness (QED) is 0.800. The second-order valence-electron chi connectivity index (χ2n) is 5.14. The van der Waals surface area contributed by atoms with Gasteiger partial charge in [0, 0.05) is 5.92 Å². The van der Waals surface area contributed by atoms with Crippen molar-refractivity contribution in [1.29, 1.82) is 0 Å². The van der Waals surface area contributed by atoms with Gasteiger partial charge in [0.2, 0.25) is 0 Å². The van der Waals surface area contributed by atoms with Gasteiger partial charge in [0.1, 0.15) is 5.01 Å².